The molecule has 2 aromatic heterocycles. The molecule has 0 aliphatic carbocycles. The predicted molar refractivity (Wildman–Crippen MR) is 67.7 cm³/mol. The van der Waals surface area contributed by atoms with Crippen molar-refractivity contribution >= 4 is 0 Å². The molecule has 90 valence electrons. The Morgan fingerprint density at radius 2 is 1.82 bits per heavy atom. The maximum Gasteiger partial charge on any atom is 0.0522 e. The molecule has 4 heteroatoms. The molecule has 17 heavy (non-hydrogen) atoms. The Kier molecular flexibility index (Phi) is 4.27. The summed E-state index contributed by atoms with van der Waals surface area (Å²) in [5.74, 6) is 0. The maximum absolute atomic E-state index is 4.15. The van der Waals surface area contributed by atoms with E-state index in [1.807, 2.05) is 30.3 Å². The summed E-state index contributed by atoms with van der Waals surface area (Å²) in [5, 5.41) is 7.58. The first kappa shape index (κ1) is 11.8. The van der Waals surface area contributed by atoms with Crippen molar-refractivity contribution in [3.8, 4) is 0 Å². The summed E-state index contributed by atoms with van der Waals surface area (Å²) < 4.78 is 1.84. The molecule has 0 radical (unpaired) electrons. The van der Waals surface area contributed by atoms with Crippen LogP contribution in [0.1, 0.15) is 11.1 Å². The molecule has 0 aliphatic heterocycles. The van der Waals surface area contributed by atoms with E-state index in [2.05, 4.69) is 33.7 Å². The Hall–Kier alpha value is -1.68. The zero-order chi connectivity index (χ0) is 11.9. The molecule has 0 aromatic carbocycles. The van der Waals surface area contributed by atoms with Gasteiger partial charge in [0.2, 0.25) is 0 Å². The average Bonchev–Trinajstić information content (AvgIpc) is 2.76. The molecule has 0 fully saturated rings. The number of aryl methyl sites for hydroxylation is 1. The van der Waals surface area contributed by atoms with E-state index < -0.39 is 0 Å². The van der Waals surface area contributed by atoms with E-state index in [9.17, 15) is 0 Å². The van der Waals surface area contributed by atoms with Crippen molar-refractivity contribution in [3.63, 3.8) is 0 Å². The van der Waals surface area contributed by atoms with Gasteiger partial charge in [-0.3, -0.25) is 9.67 Å². The second-order valence-corrected chi connectivity index (χ2v) is 4.13. The minimum Gasteiger partial charge on any atom is -0.316 e. The van der Waals surface area contributed by atoms with Crippen molar-refractivity contribution in [1.29, 1.82) is 0 Å². The summed E-state index contributed by atoms with van der Waals surface area (Å²) in [6.07, 6.45) is 9.74. The van der Waals surface area contributed by atoms with Crippen LogP contribution in [0, 0.1) is 0 Å². The Morgan fingerprint density at radius 3 is 2.47 bits per heavy atom. The zero-order valence-corrected chi connectivity index (χ0v) is 10.1. The fourth-order valence-electron chi connectivity index (χ4n) is 1.74. The van der Waals surface area contributed by atoms with Crippen LogP contribution < -0.4 is 5.32 Å². The van der Waals surface area contributed by atoms with Gasteiger partial charge in [-0.2, -0.15) is 5.10 Å². The molecule has 0 aliphatic rings. The molecule has 4 nitrogen and oxygen atoms in total. The van der Waals surface area contributed by atoms with Crippen LogP contribution in [-0.4, -0.2) is 27.9 Å². The lowest BCUT2D eigenvalue weighted by molar-refractivity contribution is 0.681. The third-order valence-corrected chi connectivity index (χ3v) is 2.69. The number of hydrogen-bond donors (Lipinski definition) is 1. The first-order chi connectivity index (χ1) is 8.34. The van der Waals surface area contributed by atoms with Crippen molar-refractivity contribution in [2.45, 2.75) is 12.8 Å². The Morgan fingerprint density at radius 1 is 1.12 bits per heavy atom. The smallest absolute Gasteiger partial charge is 0.0522 e. The van der Waals surface area contributed by atoms with Crippen LogP contribution >= 0.6 is 0 Å². The predicted octanol–water partition coefficient (Wildman–Crippen LogP) is 1.19. The summed E-state index contributed by atoms with van der Waals surface area (Å²) in [5.41, 5.74) is 2.61. The van der Waals surface area contributed by atoms with Gasteiger partial charge in [0.05, 0.1) is 6.20 Å². The molecule has 2 heterocycles. The Balaban J connectivity index is 1.61. The van der Waals surface area contributed by atoms with Gasteiger partial charge in [-0.1, -0.05) is 0 Å². The lowest BCUT2D eigenvalue weighted by Crippen LogP contribution is -2.20. The van der Waals surface area contributed by atoms with Crippen molar-refractivity contribution in [2.24, 2.45) is 7.05 Å². The monoisotopic (exact) mass is 230 g/mol. The van der Waals surface area contributed by atoms with Gasteiger partial charge in [0.15, 0.2) is 0 Å². The summed E-state index contributed by atoms with van der Waals surface area (Å²) in [6.45, 7) is 2.00. The Labute approximate surface area is 102 Å². The van der Waals surface area contributed by atoms with Crippen LogP contribution in [0.4, 0.5) is 0 Å². The van der Waals surface area contributed by atoms with Crippen LogP contribution in [0.3, 0.4) is 0 Å². The molecule has 0 amide bonds. The largest absolute Gasteiger partial charge is 0.316 e. The fourth-order valence-corrected chi connectivity index (χ4v) is 1.74. The second-order valence-electron chi connectivity index (χ2n) is 4.13. The highest BCUT2D eigenvalue weighted by Crippen LogP contribution is 1.97. The van der Waals surface area contributed by atoms with Crippen molar-refractivity contribution < 1.29 is 0 Å². The standard InChI is InChI=1S/C13H18N4/c1-17-11-13(10-16-17)5-9-15-8-4-12-2-6-14-7-3-12/h2-3,6-7,10-11,15H,4-5,8-9H2,1H3. The topological polar surface area (TPSA) is 42.7 Å². The van der Waals surface area contributed by atoms with Gasteiger partial charge >= 0.3 is 0 Å². The van der Waals surface area contributed by atoms with Gasteiger partial charge in [-0.25, -0.2) is 0 Å². The van der Waals surface area contributed by atoms with E-state index in [0.717, 1.165) is 25.9 Å². The third-order valence-electron chi connectivity index (χ3n) is 2.69. The molecule has 0 saturated heterocycles. The summed E-state index contributed by atoms with van der Waals surface area (Å²) in [4.78, 5) is 4.00. The highest BCUT2D eigenvalue weighted by molar-refractivity contribution is 5.10. The SMILES string of the molecule is Cn1cc(CCNCCc2ccncc2)cn1. The number of aromatic nitrogens is 3. The van der Waals surface area contributed by atoms with E-state index in [-0.39, 0.29) is 0 Å². The molecule has 1 N–H and O–H groups in total. The van der Waals surface area contributed by atoms with Crippen LogP contribution in [0.15, 0.2) is 36.9 Å². The lowest BCUT2D eigenvalue weighted by atomic mass is 10.2. The minimum absolute atomic E-state index is 0.997. The van der Waals surface area contributed by atoms with E-state index in [1.54, 1.807) is 0 Å². The van der Waals surface area contributed by atoms with Gasteiger partial charge < -0.3 is 5.32 Å². The quantitative estimate of drug-likeness (QED) is 0.758. The zero-order valence-electron chi connectivity index (χ0n) is 10.1. The van der Waals surface area contributed by atoms with Gasteiger partial charge in [0.1, 0.15) is 0 Å². The lowest BCUT2D eigenvalue weighted by Gasteiger charge is -2.03. The molecule has 0 spiro atoms. The van der Waals surface area contributed by atoms with Gasteiger partial charge in [-0.15, -0.1) is 0 Å². The number of rotatable bonds is 6. The van der Waals surface area contributed by atoms with E-state index >= 15 is 0 Å². The first-order valence-corrected chi connectivity index (χ1v) is 5.92. The second kappa shape index (κ2) is 6.15. The average molecular weight is 230 g/mol. The highest BCUT2D eigenvalue weighted by atomic mass is 15.2. The molecule has 0 unspecified atom stereocenters. The van der Waals surface area contributed by atoms with Crippen LogP contribution in [-0.2, 0) is 19.9 Å². The number of hydrogen-bond acceptors (Lipinski definition) is 3. The molecule has 0 saturated carbocycles. The number of nitrogens with one attached hydrogen (secondary N) is 1. The number of nitrogens with zero attached hydrogens (tertiary/aromatic N) is 3. The normalized spacial score (nSPS) is 10.6. The first-order valence-electron chi connectivity index (χ1n) is 5.92. The van der Waals surface area contributed by atoms with E-state index in [1.165, 1.54) is 11.1 Å². The third kappa shape index (κ3) is 4.00. The molecular formula is C13H18N4. The van der Waals surface area contributed by atoms with Crippen molar-refractivity contribution in [1.82, 2.24) is 20.1 Å². The minimum atomic E-state index is 0.997. The van der Waals surface area contributed by atoms with Crippen LogP contribution in [0.5, 0.6) is 0 Å². The van der Waals surface area contributed by atoms with Crippen molar-refractivity contribution in [2.75, 3.05) is 13.1 Å². The molecule has 2 rings (SSSR count). The van der Waals surface area contributed by atoms with E-state index in [4.69, 9.17) is 0 Å². The summed E-state index contributed by atoms with van der Waals surface area (Å²) in [7, 11) is 1.94. The molecule has 0 bridgehead atoms. The van der Waals surface area contributed by atoms with Gasteiger partial charge in [-0.05, 0) is 49.2 Å². The van der Waals surface area contributed by atoms with Crippen LogP contribution in [0.2, 0.25) is 0 Å². The fraction of sp³-hybridized carbons (Fsp3) is 0.385. The summed E-state index contributed by atoms with van der Waals surface area (Å²) >= 11 is 0. The summed E-state index contributed by atoms with van der Waals surface area (Å²) in [6, 6.07) is 4.12. The van der Waals surface area contributed by atoms with Gasteiger partial charge in [0, 0.05) is 25.6 Å². The maximum atomic E-state index is 4.15. The van der Waals surface area contributed by atoms with Crippen LogP contribution in [0.25, 0.3) is 0 Å². The molecule has 0 atom stereocenters. The molecule has 2 aromatic rings. The Bertz CT molecular complexity index is 436. The molecular weight excluding hydrogens is 212 g/mol. The number of pyridine rings is 1. The van der Waals surface area contributed by atoms with Crippen molar-refractivity contribution in [3.05, 3.63) is 48.0 Å². The highest BCUT2D eigenvalue weighted by Gasteiger charge is 1.96. The van der Waals surface area contributed by atoms with E-state index in [0.29, 0.717) is 0 Å². The van der Waals surface area contributed by atoms with Gasteiger partial charge in [0.25, 0.3) is 0 Å².